The smallest absolute Gasteiger partial charge is 0.000693 e. The quantitative estimate of drug-likeness (QED) is 0.512. The molecule has 0 spiro atoms. The third-order valence-corrected chi connectivity index (χ3v) is 1.96. The van der Waals surface area contributed by atoms with E-state index in [9.17, 15) is 0 Å². The number of hydrogen-bond donors (Lipinski definition) is 0. The summed E-state index contributed by atoms with van der Waals surface area (Å²) in [4.78, 5) is 0. The van der Waals surface area contributed by atoms with Gasteiger partial charge in [0, 0.05) is 5.92 Å². The molecule has 0 aromatic rings. The average Bonchev–Trinajstić information content (AvgIpc) is 1.84. The monoisotopic (exact) mass is 136 g/mol. The third kappa shape index (κ3) is 1.73. The molecule has 56 valence electrons. The highest BCUT2D eigenvalue weighted by molar-refractivity contribution is 5.15. The van der Waals surface area contributed by atoms with Gasteiger partial charge in [0.2, 0.25) is 0 Å². The van der Waals surface area contributed by atoms with E-state index in [2.05, 4.69) is 45.1 Å². The fourth-order valence-corrected chi connectivity index (χ4v) is 1.05. The van der Waals surface area contributed by atoms with Crippen molar-refractivity contribution in [3.05, 3.63) is 24.3 Å². The molecule has 0 saturated carbocycles. The van der Waals surface area contributed by atoms with Gasteiger partial charge in [-0.2, -0.15) is 0 Å². The second-order valence-electron chi connectivity index (χ2n) is 3.45. The molecule has 1 aliphatic rings. The Morgan fingerprint density at radius 2 is 2.00 bits per heavy atom. The molecule has 1 aliphatic carbocycles. The normalized spacial score (nSPS) is 31.6. The molecular weight excluding hydrogens is 120 g/mol. The van der Waals surface area contributed by atoms with Gasteiger partial charge in [-0.05, 0) is 11.8 Å². The van der Waals surface area contributed by atoms with Crippen molar-refractivity contribution >= 4 is 0 Å². The van der Waals surface area contributed by atoms with Crippen LogP contribution in [-0.2, 0) is 0 Å². The van der Waals surface area contributed by atoms with Crippen molar-refractivity contribution < 1.29 is 0 Å². The Morgan fingerprint density at radius 1 is 1.30 bits per heavy atom. The molecule has 0 bridgehead atoms. The molecule has 0 N–H and O–H groups in total. The molecule has 0 radical (unpaired) electrons. The highest BCUT2D eigenvalue weighted by Crippen LogP contribution is 2.25. The van der Waals surface area contributed by atoms with Gasteiger partial charge < -0.3 is 0 Å². The van der Waals surface area contributed by atoms with Crippen molar-refractivity contribution in [2.75, 3.05) is 0 Å². The molecule has 0 aromatic heterocycles. The Hall–Kier alpha value is -0.520. The zero-order valence-corrected chi connectivity index (χ0v) is 7.04. The van der Waals surface area contributed by atoms with Crippen LogP contribution in [0, 0.1) is 17.8 Å². The predicted octanol–water partition coefficient (Wildman–Crippen LogP) is 3.02. The van der Waals surface area contributed by atoms with E-state index in [1.54, 1.807) is 0 Å². The summed E-state index contributed by atoms with van der Waals surface area (Å²) in [7, 11) is 0. The maximum absolute atomic E-state index is 2.31. The molecule has 0 amide bonds. The minimum Gasteiger partial charge on any atom is -0.0854 e. The zero-order valence-electron chi connectivity index (χ0n) is 7.04. The summed E-state index contributed by atoms with van der Waals surface area (Å²) in [6, 6.07) is 0. The Labute approximate surface area is 63.6 Å². The topological polar surface area (TPSA) is 0 Å². The van der Waals surface area contributed by atoms with E-state index in [0.29, 0.717) is 5.92 Å². The molecule has 0 aliphatic heterocycles. The highest BCUT2D eigenvalue weighted by atomic mass is 14.2. The van der Waals surface area contributed by atoms with Gasteiger partial charge in [-0.1, -0.05) is 45.1 Å². The first-order valence-electron chi connectivity index (χ1n) is 4.07. The van der Waals surface area contributed by atoms with Gasteiger partial charge in [0.15, 0.2) is 0 Å². The van der Waals surface area contributed by atoms with Crippen molar-refractivity contribution in [2.24, 2.45) is 17.8 Å². The standard InChI is InChI=1S/C10H16/c1-8(2)4-6-10-7-5-9(10)3/h4-10H,1-3H3. The summed E-state index contributed by atoms with van der Waals surface area (Å²) in [5, 5.41) is 0. The second-order valence-corrected chi connectivity index (χ2v) is 3.45. The Bertz CT molecular complexity index is 151. The SMILES string of the molecule is CC(C)C=CC1C=CC1C. The van der Waals surface area contributed by atoms with Crippen molar-refractivity contribution in [3.8, 4) is 0 Å². The molecule has 0 nitrogen and oxygen atoms in total. The maximum atomic E-state index is 2.31. The van der Waals surface area contributed by atoms with Crippen LogP contribution in [0.3, 0.4) is 0 Å². The first kappa shape index (κ1) is 7.59. The molecule has 0 heteroatoms. The lowest BCUT2D eigenvalue weighted by atomic mass is 9.83. The first-order chi connectivity index (χ1) is 4.70. The van der Waals surface area contributed by atoms with E-state index in [1.165, 1.54) is 0 Å². The molecule has 10 heavy (non-hydrogen) atoms. The van der Waals surface area contributed by atoms with Gasteiger partial charge >= 0.3 is 0 Å². The lowest BCUT2D eigenvalue weighted by Crippen LogP contribution is -2.12. The minimum atomic E-state index is 0.696. The van der Waals surface area contributed by atoms with Crippen molar-refractivity contribution in [1.29, 1.82) is 0 Å². The highest BCUT2D eigenvalue weighted by Gasteiger charge is 2.15. The van der Waals surface area contributed by atoms with Gasteiger partial charge in [-0.15, -0.1) is 0 Å². The maximum Gasteiger partial charge on any atom is 0.000693 e. The summed E-state index contributed by atoms with van der Waals surface area (Å²) < 4.78 is 0. The van der Waals surface area contributed by atoms with Crippen LogP contribution < -0.4 is 0 Å². The Morgan fingerprint density at radius 3 is 2.30 bits per heavy atom. The molecule has 1 rings (SSSR count). The molecular formula is C10H16. The molecule has 0 aromatic carbocycles. The van der Waals surface area contributed by atoms with Gasteiger partial charge in [0.25, 0.3) is 0 Å². The van der Waals surface area contributed by atoms with Gasteiger partial charge in [-0.3, -0.25) is 0 Å². The van der Waals surface area contributed by atoms with Crippen LogP contribution in [0.1, 0.15) is 20.8 Å². The van der Waals surface area contributed by atoms with E-state index >= 15 is 0 Å². The molecule has 0 heterocycles. The van der Waals surface area contributed by atoms with Crippen molar-refractivity contribution in [1.82, 2.24) is 0 Å². The lowest BCUT2D eigenvalue weighted by Gasteiger charge is -2.22. The van der Waals surface area contributed by atoms with Crippen LogP contribution in [0.25, 0.3) is 0 Å². The van der Waals surface area contributed by atoms with Crippen LogP contribution in [-0.4, -0.2) is 0 Å². The van der Waals surface area contributed by atoms with Crippen LogP contribution in [0.5, 0.6) is 0 Å². The van der Waals surface area contributed by atoms with Gasteiger partial charge in [0.05, 0.1) is 0 Å². The van der Waals surface area contributed by atoms with Gasteiger partial charge in [-0.25, -0.2) is 0 Å². The van der Waals surface area contributed by atoms with E-state index in [-0.39, 0.29) is 0 Å². The van der Waals surface area contributed by atoms with Crippen LogP contribution >= 0.6 is 0 Å². The average molecular weight is 136 g/mol. The number of hydrogen-bond acceptors (Lipinski definition) is 0. The molecule has 0 saturated heterocycles. The first-order valence-corrected chi connectivity index (χ1v) is 4.07. The summed E-state index contributed by atoms with van der Waals surface area (Å²) >= 11 is 0. The predicted molar refractivity (Wildman–Crippen MR) is 45.8 cm³/mol. The third-order valence-electron chi connectivity index (χ3n) is 1.96. The van der Waals surface area contributed by atoms with Crippen LogP contribution in [0.4, 0.5) is 0 Å². The second kappa shape index (κ2) is 3.05. The molecule has 2 atom stereocenters. The molecule has 2 unspecified atom stereocenters. The Kier molecular flexibility index (Phi) is 2.31. The molecule has 0 fully saturated rings. The van der Waals surface area contributed by atoms with E-state index in [0.717, 1.165) is 11.8 Å². The zero-order chi connectivity index (χ0) is 7.56. The number of rotatable bonds is 2. The minimum absolute atomic E-state index is 0.696. The van der Waals surface area contributed by atoms with E-state index in [1.807, 2.05) is 0 Å². The fourth-order valence-electron chi connectivity index (χ4n) is 1.05. The van der Waals surface area contributed by atoms with Gasteiger partial charge in [0.1, 0.15) is 0 Å². The summed E-state index contributed by atoms with van der Waals surface area (Å²) in [5.41, 5.74) is 0. The largest absolute Gasteiger partial charge is 0.0854 e. The summed E-state index contributed by atoms with van der Waals surface area (Å²) in [5.74, 6) is 2.19. The summed E-state index contributed by atoms with van der Waals surface area (Å²) in [6.07, 6.45) is 9.12. The van der Waals surface area contributed by atoms with E-state index in [4.69, 9.17) is 0 Å². The van der Waals surface area contributed by atoms with Crippen LogP contribution in [0.15, 0.2) is 24.3 Å². The number of allylic oxidation sites excluding steroid dienone is 4. The van der Waals surface area contributed by atoms with Crippen molar-refractivity contribution in [3.63, 3.8) is 0 Å². The lowest BCUT2D eigenvalue weighted by molar-refractivity contribution is 0.548. The summed E-state index contributed by atoms with van der Waals surface area (Å²) in [6.45, 7) is 6.68. The Balaban J connectivity index is 2.33. The van der Waals surface area contributed by atoms with Crippen molar-refractivity contribution in [2.45, 2.75) is 20.8 Å². The fraction of sp³-hybridized carbons (Fsp3) is 0.600. The van der Waals surface area contributed by atoms with E-state index < -0.39 is 0 Å². The van der Waals surface area contributed by atoms with Crippen LogP contribution in [0.2, 0.25) is 0 Å².